The number of benzene rings is 1. The van der Waals surface area contributed by atoms with Crippen LogP contribution in [-0.4, -0.2) is 20.6 Å². The summed E-state index contributed by atoms with van der Waals surface area (Å²) in [4.78, 5) is 16.9. The Morgan fingerprint density at radius 2 is 2.07 bits per heavy atom. The molecule has 0 amide bonds. The molecule has 0 fully saturated rings. The first kappa shape index (κ1) is 22.1. The second-order valence-electron chi connectivity index (χ2n) is 7.03. The Bertz CT molecular complexity index is 1040. The number of aryl methyl sites for hydroxylation is 1. The molecule has 1 N–H and O–H groups in total. The Morgan fingerprint density at radius 3 is 2.77 bits per heavy atom. The van der Waals surface area contributed by atoms with Crippen LogP contribution in [0.5, 0.6) is 0 Å². The van der Waals surface area contributed by atoms with Gasteiger partial charge in [-0.05, 0) is 41.1 Å². The summed E-state index contributed by atoms with van der Waals surface area (Å²) in [5.41, 5.74) is 2.90. The predicted octanol–water partition coefficient (Wildman–Crippen LogP) is 6.26. The summed E-state index contributed by atoms with van der Waals surface area (Å²) in [6.07, 6.45) is 10.5. The monoisotopic (exact) mass is 440 g/mol. The highest BCUT2D eigenvalue weighted by molar-refractivity contribution is 7.09. The molecular formula is C24H25ClN2O2S. The number of hydrogen-bond donors (Lipinski definition) is 1. The number of allylic oxidation sites excluding steroid dienone is 2. The fourth-order valence-corrected chi connectivity index (χ4v) is 4.13. The van der Waals surface area contributed by atoms with Gasteiger partial charge in [-0.15, -0.1) is 11.3 Å². The molecule has 0 bridgehead atoms. The van der Waals surface area contributed by atoms with Gasteiger partial charge in [-0.25, -0.2) is 9.78 Å². The Balaban J connectivity index is 1.99. The lowest BCUT2D eigenvalue weighted by Crippen LogP contribution is -2.08. The number of carboxylic acid groups (broad SMARTS) is 1. The lowest BCUT2D eigenvalue weighted by Gasteiger charge is -2.12. The molecular weight excluding hydrogens is 416 g/mol. The van der Waals surface area contributed by atoms with Crippen LogP contribution in [0.3, 0.4) is 0 Å². The van der Waals surface area contributed by atoms with Crippen LogP contribution in [0.1, 0.15) is 41.7 Å². The summed E-state index contributed by atoms with van der Waals surface area (Å²) >= 11 is 8.07. The van der Waals surface area contributed by atoms with E-state index in [-0.39, 0.29) is 0 Å². The van der Waals surface area contributed by atoms with Crippen molar-refractivity contribution in [2.24, 2.45) is 0 Å². The molecule has 0 spiro atoms. The molecule has 4 nitrogen and oxygen atoms in total. The van der Waals surface area contributed by atoms with Crippen molar-refractivity contribution in [3.8, 4) is 0 Å². The fraction of sp³-hybridized carbons (Fsp3) is 0.250. The van der Waals surface area contributed by atoms with Crippen molar-refractivity contribution in [3.05, 3.63) is 92.7 Å². The van der Waals surface area contributed by atoms with Crippen molar-refractivity contribution in [3.63, 3.8) is 0 Å². The molecule has 2 aromatic heterocycles. The van der Waals surface area contributed by atoms with Gasteiger partial charge < -0.3 is 9.67 Å². The van der Waals surface area contributed by atoms with Gasteiger partial charge in [0.25, 0.3) is 0 Å². The molecule has 0 unspecified atom stereocenters. The third kappa shape index (κ3) is 6.18. The van der Waals surface area contributed by atoms with Gasteiger partial charge >= 0.3 is 5.97 Å². The molecule has 0 radical (unpaired) electrons. The minimum Gasteiger partial charge on any atom is -0.478 e. The molecule has 30 heavy (non-hydrogen) atoms. The lowest BCUT2D eigenvalue weighted by molar-refractivity contribution is -0.131. The van der Waals surface area contributed by atoms with Crippen molar-refractivity contribution in [2.45, 2.75) is 39.2 Å². The first-order chi connectivity index (χ1) is 14.6. The highest BCUT2D eigenvalue weighted by Gasteiger charge is 2.11. The number of aliphatic carboxylic acids is 1. The van der Waals surface area contributed by atoms with E-state index in [9.17, 15) is 4.79 Å². The summed E-state index contributed by atoms with van der Waals surface area (Å²) in [6.45, 7) is 2.79. The number of aromatic nitrogens is 2. The number of hydrogen-bond acceptors (Lipinski definition) is 3. The van der Waals surface area contributed by atoms with Gasteiger partial charge in [-0.2, -0.15) is 0 Å². The zero-order valence-corrected chi connectivity index (χ0v) is 18.5. The first-order valence-electron chi connectivity index (χ1n) is 9.98. The van der Waals surface area contributed by atoms with Crippen LogP contribution < -0.4 is 0 Å². The number of carbonyl (C=O) groups is 1. The normalized spacial score (nSPS) is 12.0. The Kier molecular flexibility index (Phi) is 8.05. The average molecular weight is 441 g/mol. The van der Waals surface area contributed by atoms with E-state index in [2.05, 4.69) is 22.5 Å². The number of rotatable bonds is 10. The maximum atomic E-state index is 11.1. The molecule has 0 saturated carbocycles. The minimum absolute atomic E-state index is 0.624. The summed E-state index contributed by atoms with van der Waals surface area (Å²) in [7, 11) is 0. The van der Waals surface area contributed by atoms with Crippen molar-refractivity contribution in [1.82, 2.24) is 9.55 Å². The maximum absolute atomic E-state index is 11.1. The van der Waals surface area contributed by atoms with Gasteiger partial charge in [-0.3, -0.25) is 0 Å². The largest absolute Gasteiger partial charge is 0.478 e. The Morgan fingerprint density at radius 1 is 1.23 bits per heavy atom. The molecule has 0 aliphatic rings. The second kappa shape index (κ2) is 11.0. The molecule has 0 atom stereocenters. The highest BCUT2D eigenvalue weighted by atomic mass is 35.5. The van der Waals surface area contributed by atoms with E-state index in [1.807, 2.05) is 48.0 Å². The van der Waals surface area contributed by atoms with E-state index in [0.29, 0.717) is 13.0 Å². The van der Waals surface area contributed by atoms with Gasteiger partial charge in [0.05, 0.1) is 18.4 Å². The fourth-order valence-electron chi connectivity index (χ4n) is 3.20. The zero-order chi connectivity index (χ0) is 21.3. The van der Waals surface area contributed by atoms with Crippen LogP contribution in [0.4, 0.5) is 0 Å². The van der Waals surface area contributed by atoms with Gasteiger partial charge in [0, 0.05) is 28.8 Å². The number of nitrogens with zero attached hydrogens (tertiary/aromatic N) is 2. The molecule has 2 heterocycles. The average Bonchev–Trinajstić information content (AvgIpc) is 3.37. The van der Waals surface area contributed by atoms with Crippen molar-refractivity contribution >= 4 is 35.0 Å². The van der Waals surface area contributed by atoms with E-state index in [0.717, 1.165) is 46.9 Å². The molecule has 3 aromatic rings. The van der Waals surface area contributed by atoms with Crippen LogP contribution >= 0.6 is 22.9 Å². The maximum Gasteiger partial charge on any atom is 0.328 e. The molecule has 1 aromatic carbocycles. The van der Waals surface area contributed by atoms with E-state index in [1.54, 1.807) is 17.4 Å². The standard InChI is InChI=1S/C24H25ClN2O2S/c1-2-3-10-23-26-16-20(27(23)17-19-7-4-5-9-22(19)25)14-18(11-12-24(28)29)15-21-8-6-13-30-21/h4-9,11-14,16H,2-3,10,15,17H2,1H3,(H,28,29)/b12-11+,18-14-. The molecule has 156 valence electrons. The second-order valence-corrected chi connectivity index (χ2v) is 8.47. The first-order valence-corrected chi connectivity index (χ1v) is 11.2. The predicted molar refractivity (Wildman–Crippen MR) is 124 cm³/mol. The zero-order valence-electron chi connectivity index (χ0n) is 16.9. The van der Waals surface area contributed by atoms with Gasteiger partial charge in [-0.1, -0.05) is 55.3 Å². The van der Waals surface area contributed by atoms with Crippen molar-refractivity contribution in [2.75, 3.05) is 0 Å². The van der Waals surface area contributed by atoms with Crippen LogP contribution in [0.15, 0.2) is 65.7 Å². The van der Waals surface area contributed by atoms with Crippen LogP contribution in [0.25, 0.3) is 6.08 Å². The van der Waals surface area contributed by atoms with E-state index in [4.69, 9.17) is 16.7 Å². The summed E-state index contributed by atoms with van der Waals surface area (Å²) in [6, 6.07) is 11.9. The van der Waals surface area contributed by atoms with Crippen LogP contribution in [0, 0.1) is 0 Å². The van der Waals surface area contributed by atoms with E-state index in [1.165, 1.54) is 11.0 Å². The Labute approximate surface area is 186 Å². The van der Waals surface area contributed by atoms with Gasteiger partial charge in [0.15, 0.2) is 0 Å². The van der Waals surface area contributed by atoms with Crippen LogP contribution in [-0.2, 0) is 24.2 Å². The molecule has 3 rings (SSSR count). The summed E-state index contributed by atoms with van der Waals surface area (Å²) in [5.74, 6) is 0.0565. The van der Waals surface area contributed by atoms with Crippen molar-refractivity contribution in [1.29, 1.82) is 0 Å². The molecule has 0 aliphatic carbocycles. The van der Waals surface area contributed by atoms with Crippen LogP contribution in [0.2, 0.25) is 5.02 Å². The van der Waals surface area contributed by atoms with Gasteiger partial charge in [0.1, 0.15) is 5.82 Å². The molecule has 6 heteroatoms. The Hall–Kier alpha value is -2.63. The number of carboxylic acids is 1. The highest BCUT2D eigenvalue weighted by Crippen LogP contribution is 2.22. The van der Waals surface area contributed by atoms with Crippen molar-refractivity contribution < 1.29 is 9.90 Å². The SMILES string of the molecule is CCCCc1ncc(/C=C(/C=C/C(=O)O)Cc2cccs2)n1Cc1ccccc1Cl. The lowest BCUT2D eigenvalue weighted by atomic mass is 10.1. The number of halogens is 1. The number of thiophene rings is 1. The van der Waals surface area contributed by atoms with E-state index >= 15 is 0 Å². The molecule has 0 aliphatic heterocycles. The summed E-state index contributed by atoms with van der Waals surface area (Å²) < 4.78 is 2.18. The minimum atomic E-state index is -0.958. The topological polar surface area (TPSA) is 55.1 Å². The summed E-state index contributed by atoms with van der Waals surface area (Å²) in [5, 5.41) is 11.8. The van der Waals surface area contributed by atoms with E-state index < -0.39 is 5.97 Å². The smallest absolute Gasteiger partial charge is 0.328 e. The number of unbranched alkanes of at least 4 members (excludes halogenated alkanes) is 1. The quantitative estimate of drug-likeness (QED) is 0.299. The third-order valence-electron chi connectivity index (χ3n) is 4.74. The van der Waals surface area contributed by atoms with Gasteiger partial charge in [0.2, 0.25) is 0 Å². The number of imidazole rings is 1. The third-order valence-corrected chi connectivity index (χ3v) is 5.99. The molecule has 0 saturated heterocycles.